The zero-order valence-corrected chi connectivity index (χ0v) is 19.5. The van der Waals surface area contributed by atoms with Gasteiger partial charge in [-0.05, 0) is 41.5 Å². The highest BCUT2D eigenvalue weighted by Gasteiger charge is 2.21. The lowest BCUT2D eigenvalue weighted by molar-refractivity contribution is -0.121. The lowest BCUT2D eigenvalue weighted by Gasteiger charge is -2.17. The van der Waals surface area contributed by atoms with E-state index in [0.29, 0.717) is 6.42 Å². The third kappa shape index (κ3) is 6.13. The van der Waals surface area contributed by atoms with Crippen molar-refractivity contribution in [2.45, 2.75) is 51.5 Å². The number of hydrogen-bond donors (Lipinski definition) is 1. The molecule has 3 heteroatoms. The molecule has 0 spiro atoms. The summed E-state index contributed by atoms with van der Waals surface area (Å²) >= 11 is 0. The van der Waals surface area contributed by atoms with Crippen molar-refractivity contribution < 1.29 is 4.79 Å². The number of nitrogens with one attached hydrogen (secondary N) is 1. The van der Waals surface area contributed by atoms with Crippen LogP contribution in [0.4, 0.5) is 0 Å². The van der Waals surface area contributed by atoms with Crippen LogP contribution in [-0.2, 0) is 17.8 Å². The Morgan fingerprint density at radius 1 is 0.848 bits per heavy atom. The Morgan fingerprint density at radius 2 is 1.52 bits per heavy atom. The van der Waals surface area contributed by atoms with Crippen molar-refractivity contribution in [3.63, 3.8) is 0 Å². The van der Waals surface area contributed by atoms with Gasteiger partial charge in [0.2, 0.25) is 5.91 Å². The third-order valence-corrected chi connectivity index (χ3v) is 6.31. The van der Waals surface area contributed by atoms with Crippen molar-refractivity contribution >= 4 is 16.8 Å². The molecule has 0 radical (unpaired) electrons. The van der Waals surface area contributed by atoms with Crippen molar-refractivity contribution in [2.24, 2.45) is 0 Å². The molecule has 1 heterocycles. The van der Waals surface area contributed by atoms with Crippen molar-refractivity contribution in [2.75, 3.05) is 6.54 Å². The molecule has 0 fully saturated rings. The smallest absolute Gasteiger partial charge is 0.220 e. The molecule has 1 unspecified atom stereocenters. The van der Waals surface area contributed by atoms with E-state index >= 15 is 0 Å². The van der Waals surface area contributed by atoms with Gasteiger partial charge in [-0.1, -0.05) is 98.6 Å². The van der Waals surface area contributed by atoms with E-state index in [9.17, 15) is 4.79 Å². The average molecular weight is 439 g/mol. The Balaban J connectivity index is 1.64. The highest BCUT2D eigenvalue weighted by atomic mass is 16.1. The molecule has 3 aromatic carbocycles. The van der Waals surface area contributed by atoms with Gasteiger partial charge in [-0.25, -0.2) is 0 Å². The Labute approximate surface area is 197 Å². The molecule has 33 heavy (non-hydrogen) atoms. The molecule has 1 N–H and O–H groups in total. The normalized spacial score (nSPS) is 12.0. The van der Waals surface area contributed by atoms with E-state index in [1.54, 1.807) is 0 Å². The van der Waals surface area contributed by atoms with Gasteiger partial charge in [0.25, 0.3) is 0 Å². The van der Waals surface area contributed by atoms with Gasteiger partial charge in [0.1, 0.15) is 0 Å². The minimum absolute atomic E-state index is 0.125. The van der Waals surface area contributed by atoms with Gasteiger partial charge in [0.15, 0.2) is 0 Å². The van der Waals surface area contributed by atoms with E-state index in [0.717, 1.165) is 38.8 Å². The van der Waals surface area contributed by atoms with Crippen LogP contribution in [0.15, 0.2) is 91.1 Å². The Bertz CT molecular complexity index is 1150. The van der Waals surface area contributed by atoms with Gasteiger partial charge in [-0.15, -0.1) is 0 Å². The van der Waals surface area contributed by atoms with E-state index < -0.39 is 0 Å². The first-order chi connectivity index (χ1) is 16.2. The Hall–Kier alpha value is -3.33. The van der Waals surface area contributed by atoms with Gasteiger partial charge in [-0.3, -0.25) is 4.79 Å². The second-order valence-corrected chi connectivity index (χ2v) is 8.86. The van der Waals surface area contributed by atoms with Crippen molar-refractivity contribution in [3.05, 3.63) is 108 Å². The molecule has 1 amide bonds. The molecule has 1 aromatic heterocycles. The summed E-state index contributed by atoms with van der Waals surface area (Å²) in [6, 6.07) is 29.7. The lowest BCUT2D eigenvalue weighted by atomic mass is 9.88. The minimum Gasteiger partial charge on any atom is -0.356 e. The van der Waals surface area contributed by atoms with Crippen LogP contribution in [0.25, 0.3) is 10.9 Å². The van der Waals surface area contributed by atoms with Gasteiger partial charge in [0, 0.05) is 36.6 Å². The third-order valence-electron chi connectivity index (χ3n) is 6.31. The van der Waals surface area contributed by atoms with Crippen LogP contribution in [0, 0.1) is 0 Å². The van der Waals surface area contributed by atoms with Crippen LogP contribution in [0.3, 0.4) is 0 Å². The number of fused-ring (bicyclic) bond motifs is 1. The van der Waals surface area contributed by atoms with Crippen LogP contribution in [0.5, 0.6) is 0 Å². The molecular weight excluding hydrogens is 404 g/mol. The molecule has 0 aliphatic rings. The van der Waals surface area contributed by atoms with Crippen LogP contribution >= 0.6 is 0 Å². The quantitative estimate of drug-likeness (QED) is 0.259. The van der Waals surface area contributed by atoms with Gasteiger partial charge in [0.05, 0.1) is 0 Å². The standard InChI is InChI=1S/C30H34N2O/c1-2-3-12-19-31-30(33)21-26(20-24-13-6-4-7-14-24)28-23-32(22-25-15-8-5-9-16-25)29-18-11-10-17-27(28)29/h4-11,13-18,23,26H,2-3,12,19-22H2,1H3,(H,31,33). The summed E-state index contributed by atoms with van der Waals surface area (Å²) in [6.07, 6.45) is 6.98. The molecule has 170 valence electrons. The van der Waals surface area contributed by atoms with Gasteiger partial charge in [-0.2, -0.15) is 0 Å². The maximum atomic E-state index is 12.9. The molecule has 0 bridgehead atoms. The number of carbonyl (C=O) groups is 1. The van der Waals surface area contributed by atoms with E-state index in [2.05, 4.69) is 102 Å². The van der Waals surface area contributed by atoms with Gasteiger partial charge < -0.3 is 9.88 Å². The number of benzene rings is 3. The summed E-state index contributed by atoms with van der Waals surface area (Å²) < 4.78 is 2.33. The first-order valence-corrected chi connectivity index (χ1v) is 12.2. The second-order valence-electron chi connectivity index (χ2n) is 8.86. The SMILES string of the molecule is CCCCCNC(=O)CC(Cc1ccccc1)c1cn(Cc2ccccc2)c2ccccc12. The monoisotopic (exact) mass is 438 g/mol. The van der Waals surface area contributed by atoms with Crippen LogP contribution in [-0.4, -0.2) is 17.0 Å². The fourth-order valence-electron chi connectivity index (χ4n) is 4.60. The number of aromatic nitrogens is 1. The fourth-order valence-corrected chi connectivity index (χ4v) is 4.60. The molecule has 4 aromatic rings. The van der Waals surface area contributed by atoms with E-state index in [4.69, 9.17) is 0 Å². The second kappa shape index (κ2) is 11.5. The molecule has 0 aliphatic carbocycles. The average Bonchev–Trinajstić information content (AvgIpc) is 3.21. The van der Waals surface area contributed by atoms with E-state index in [1.165, 1.54) is 27.6 Å². The predicted octanol–water partition coefficient (Wildman–Crippen LogP) is 6.71. The lowest BCUT2D eigenvalue weighted by Crippen LogP contribution is -2.26. The summed E-state index contributed by atoms with van der Waals surface area (Å²) in [5.41, 5.74) is 5.02. The molecular formula is C30H34N2O. The fraction of sp³-hybridized carbons (Fsp3) is 0.300. The summed E-state index contributed by atoms with van der Waals surface area (Å²) in [6.45, 7) is 3.77. The number of nitrogens with zero attached hydrogens (tertiary/aromatic N) is 1. The number of amides is 1. The molecule has 0 saturated heterocycles. The summed E-state index contributed by atoms with van der Waals surface area (Å²) in [5.74, 6) is 0.271. The summed E-state index contributed by atoms with van der Waals surface area (Å²) in [5, 5.41) is 4.40. The predicted molar refractivity (Wildman–Crippen MR) is 138 cm³/mol. The van der Waals surface area contributed by atoms with E-state index in [1.807, 2.05) is 6.07 Å². The maximum Gasteiger partial charge on any atom is 0.220 e. The number of carbonyl (C=O) groups excluding carboxylic acids is 1. The zero-order chi connectivity index (χ0) is 22.9. The van der Waals surface area contributed by atoms with Gasteiger partial charge >= 0.3 is 0 Å². The first-order valence-electron chi connectivity index (χ1n) is 12.2. The highest BCUT2D eigenvalue weighted by Crippen LogP contribution is 2.33. The first kappa shape index (κ1) is 22.8. The van der Waals surface area contributed by atoms with Crippen molar-refractivity contribution in [1.82, 2.24) is 9.88 Å². The van der Waals surface area contributed by atoms with Crippen LogP contribution in [0.1, 0.15) is 55.2 Å². The minimum atomic E-state index is 0.125. The number of hydrogen-bond acceptors (Lipinski definition) is 1. The molecule has 4 rings (SSSR count). The largest absolute Gasteiger partial charge is 0.356 e. The molecule has 0 aliphatic heterocycles. The van der Waals surface area contributed by atoms with Crippen molar-refractivity contribution in [1.29, 1.82) is 0 Å². The topological polar surface area (TPSA) is 34.0 Å². The number of unbranched alkanes of at least 4 members (excludes halogenated alkanes) is 2. The summed E-state index contributed by atoms with van der Waals surface area (Å²) in [7, 11) is 0. The maximum absolute atomic E-state index is 12.9. The zero-order valence-electron chi connectivity index (χ0n) is 19.5. The molecule has 0 saturated carbocycles. The molecule has 3 nitrogen and oxygen atoms in total. The Morgan fingerprint density at radius 3 is 2.24 bits per heavy atom. The summed E-state index contributed by atoms with van der Waals surface area (Å²) in [4.78, 5) is 12.9. The number of rotatable bonds is 11. The Kier molecular flexibility index (Phi) is 7.97. The number of para-hydroxylation sites is 1. The van der Waals surface area contributed by atoms with Crippen LogP contribution < -0.4 is 5.32 Å². The van der Waals surface area contributed by atoms with Crippen molar-refractivity contribution in [3.8, 4) is 0 Å². The molecule has 1 atom stereocenters. The highest BCUT2D eigenvalue weighted by molar-refractivity contribution is 5.86. The van der Waals surface area contributed by atoms with Crippen LogP contribution in [0.2, 0.25) is 0 Å². The van der Waals surface area contributed by atoms with E-state index in [-0.39, 0.29) is 11.8 Å².